The summed E-state index contributed by atoms with van der Waals surface area (Å²) in [6.45, 7) is 7.85. The van der Waals surface area contributed by atoms with E-state index in [1.54, 1.807) is 26.1 Å². The molecule has 1 heterocycles. The van der Waals surface area contributed by atoms with Crippen molar-refractivity contribution in [1.29, 1.82) is 0 Å². The first-order chi connectivity index (χ1) is 14.0. The van der Waals surface area contributed by atoms with E-state index in [4.69, 9.17) is 9.47 Å². The van der Waals surface area contributed by atoms with E-state index >= 15 is 0 Å². The molecule has 0 unspecified atom stereocenters. The van der Waals surface area contributed by atoms with Crippen LogP contribution in [0.2, 0.25) is 0 Å². The monoisotopic (exact) mass is 405 g/mol. The highest BCUT2D eigenvalue weighted by molar-refractivity contribution is 5.85. The second-order valence-electron chi connectivity index (χ2n) is 7.08. The van der Waals surface area contributed by atoms with E-state index in [2.05, 4.69) is 32.2 Å². The van der Waals surface area contributed by atoms with Crippen LogP contribution in [-0.2, 0) is 9.53 Å². The molecule has 0 aliphatic carbocycles. The lowest BCUT2D eigenvalue weighted by molar-refractivity contribution is -0.127. The van der Waals surface area contributed by atoms with Gasteiger partial charge in [0.25, 0.3) is 0 Å². The van der Waals surface area contributed by atoms with Crippen LogP contribution in [0, 0.1) is 0 Å². The molecule has 2 rings (SSSR count). The van der Waals surface area contributed by atoms with Crippen molar-refractivity contribution in [3.8, 4) is 5.75 Å². The Morgan fingerprint density at radius 3 is 2.45 bits per heavy atom. The smallest absolute Gasteiger partial charge is 0.243 e. The molecule has 1 N–H and O–H groups in total. The Kier molecular flexibility index (Phi) is 9.56. The van der Waals surface area contributed by atoms with E-state index < -0.39 is 0 Å². The molecule has 0 saturated carbocycles. The van der Waals surface area contributed by atoms with E-state index in [1.165, 1.54) is 5.69 Å². The number of likely N-dealkylation sites (N-methyl/N-ethyl adjacent to an activating group) is 1. The van der Waals surface area contributed by atoms with Gasteiger partial charge in [0.05, 0.1) is 7.11 Å². The number of carbonyl (C=O) groups excluding carboxylic acids is 1. The Morgan fingerprint density at radius 2 is 1.86 bits per heavy atom. The number of rotatable bonds is 9. The number of hydrogen-bond acceptors (Lipinski definition) is 5. The summed E-state index contributed by atoms with van der Waals surface area (Å²) in [6, 6.07) is 8.15. The Bertz CT molecular complexity index is 640. The fraction of sp³-hybridized carbons (Fsp3) is 0.619. The normalized spacial score (nSPS) is 14.7. The van der Waals surface area contributed by atoms with Gasteiger partial charge in [-0.15, -0.1) is 0 Å². The van der Waals surface area contributed by atoms with Crippen LogP contribution in [-0.4, -0.2) is 95.4 Å². The van der Waals surface area contributed by atoms with Gasteiger partial charge in [0.2, 0.25) is 5.91 Å². The number of ether oxygens (including phenoxy) is 2. The fourth-order valence-electron chi connectivity index (χ4n) is 3.04. The zero-order valence-electron chi connectivity index (χ0n) is 18.2. The highest BCUT2D eigenvalue weighted by Gasteiger charge is 2.20. The van der Waals surface area contributed by atoms with Gasteiger partial charge in [-0.2, -0.15) is 0 Å². The molecule has 1 saturated heterocycles. The maximum Gasteiger partial charge on any atom is 0.243 e. The van der Waals surface area contributed by atoms with Gasteiger partial charge in [-0.25, -0.2) is 4.99 Å². The molecule has 0 aromatic heterocycles. The molecule has 1 amide bonds. The number of methoxy groups -OCH3 is 1. The van der Waals surface area contributed by atoms with Crippen molar-refractivity contribution in [2.24, 2.45) is 4.99 Å². The standard InChI is InChI=1S/C21H35N5O3/c1-5-29-16-6-11-22-21(23-17-20(27)24(2)3)26-14-12-25(13-15-26)18-7-9-19(28-4)10-8-18/h7-10H,5-6,11-17H2,1-4H3,(H,22,23). The number of guanidine groups is 1. The Morgan fingerprint density at radius 1 is 1.17 bits per heavy atom. The van der Waals surface area contributed by atoms with Gasteiger partial charge >= 0.3 is 0 Å². The summed E-state index contributed by atoms with van der Waals surface area (Å²) in [6.07, 6.45) is 0.903. The number of aliphatic imine (C=N–C) groups is 1. The quantitative estimate of drug-likeness (QED) is 0.379. The second-order valence-corrected chi connectivity index (χ2v) is 7.08. The van der Waals surface area contributed by atoms with Crippen LogP contribution < -0.4 is 15.0 Å². The van der Waals surface area contributed by atoms with Crippen LogP contribution >= 0.6 is 0 Å². The molecule has 29 heavy (non-hydrogen) atoms. The minimum atomic E-state index is -0.00418. The van der Waals surface area contributed by atoms with Crippen molar-refractivity contribution in [2.75, 3.05) is 78.6 Å². The number of amides is 1. The number of benzene rings is 1. The van der Waals surface area contributed by atoms with Crippen molar-refractivity contribution in [3.05, 3.63) is 24.3 Å². The zero-order valence-corrected chi connectivity index (χ0v) is 18.2. The average molecular weight is 406 g/mol. The molecule has 0 radical (unpaired) electrons. The van der Waals surface area contributed by atoms with Gasteiger partial charge in [0.15, 0.2) is 5.96 Å². The van der Waals surface area contributed by atoms with Gasteiger partial charge in [-0.1, -0.05) is 0 Å². The molecule has 0 atom stereocenters. The molecule has 1 aliphatic heterocycles. The third-order valence-corrected chi connectivity index (χ3v) is 4.83. The lowest BCUT2D eigenvalue weighted by atomic mass is 10.2. The van der Waals surface area contributed by atoms with Crippen LogP contribution in [0.25, 0.3) is 0 Å². The topological polar surface area (TPSA) is 69.6 Å². The minimum absolute atomic E-state index is 0.00418. The molecule has 1 aliphatic rings. The number of nitrogens with zero attached hydrogens (tertiary/aromatic N) is 4. The van der Waals surface area contributed by atoms with Crippen molar-refractivity contribution < 1.29 is 14.3 Å². The van der Waals surface area contributed by atoms with Crippen molar-refractivity contribution >= 4 is 17.6 Å². The van der Waals surface area contributed by atoms with Gasteiger partial charge in [0.1, 0.15) is 12.3 Å². The first-order valence-corrected chi connectivity index (χ1v) is 10.2. The van der Waals surface area contributed by atoms with E-state index in [9.17, 15) is 4.79 Å². The number of piperazine rings is 1. The lowest BCUT2D eigenvalue weighted by Gasteiger charge is -2.37. The summed E-state index contributed by atoms with van der Waals surface area (Å²) in [5, 5.41) is 3.40. The molecule has 1 fully saturated rings. The molecule has 1 aromatic rings. The van der Waals surface area contributed by atoms with E-state index in [-0.39, 0.29) is 12.5 Å². The van der Waals surface area contributed by atoms with Crippen LogP contribution in [0.4, 0.5) is 5.69 Å². The van der Waals surface area contributed by atoms with Crippen LogP contribution in [0.3, 0.4) is 0 Å². The van der Waals surface area contributed by atoms with E-state index in [1.807, 2.05) is 19.1 Å². The SMILES string of the molecule is CCOCCCNC(=NCC(=O)N(C)C)N1CCN(c2ccc(OC)cc2)CC1. The Balaban J connectivity index is 1.93. The van der Waals surface area contributed by atoms with Gasteiger partial charge in [-0.3, -0.25) is 4.79 Å². The van der Waals surface area contributed by atoms with Crippen LogP contribution in [0.15, 0.2) is 29.3 Å². The number of hydrogen-bond donors (Lipinski definition) is 1. The molecular weight excluding hydrogens is 370 g/mol. The summed E-state index contributed by atoms with van der Waals surface area (Å²) in [5.41, 5.74) is 1.19. The predicted molar refractivity (Wildman–Crippen MR) is 117 cm³/mol. The largest absolute Gasteiger partial charge is 0.497 e. The van der Waals surface area contributed by atoms with Crippen LogP contribution in [0.1, 0.15) is 13.3 Å². The van der Waals surface area contributed by atoms with E-state index in [0.717, 1.165) is 64.1 Å². The highest BCUT2D eigenvalue weighted by Crippen LogP contribution is 2.20. The first-order valence-electron chi connectivity index (χ1n) is 10.2. The summed E-state index contributed by atoms with van der Waals surface area (Å²) < 4.78 is 10.6. The average Bonchev–Trinajstić information content (AvgIpc) is 2.75. The Hall–Kier alpha value is -2.48. The summed E-state index contributed by atoms with van der Waals surface area (Å²) >= 11 is 0. The first kappa shape index (κ1) is 22.8. The van der Waals surface area contributed by atoms with Crippen molar-refractivity contribution in [1.82, 2.24) is 15.1 Å². The predicted octanol–water partition coefficient (Wildman–Crippen LogP) is 1.28. The summed E-state index contributed by atoms with van der Waals surface area (Å²) in [4.78, 5) is 22.7. The second kappa shape index (κ2) is 12.2. The number of anilines is 1. The molecular formula is C21H35N5O3. The maximum atomic E-state index is 12.0. The molecule has 8 heteroatoms. The van der Waals surface area contributed by atoms with Crippen LogP contribution in [0.5, 0.6) is 5.75 Å². The lowest BCUT2D eigenvalue weighted by Crippen LogP contribution is -2.53. The van der Waals surface area contributed by atoms with Gasteiger partial charge < -0.3 is 29.5 Å². The number of nitrogens with one attached hydrogen (secondary N) is 1. The van der Waals surface area contributed by atoms with Crippen molar-refractivity contribution in [3.63, 3.8) is 0 Å². The third-order valence-electron chi connectivity index (χ3n) is 4.83. The third kappa shape index (κ3) is 7.45. The zero-order chi connectivity index (χ0) is 21.1. The molecule has 0 bridgehead atoms. The molecule has 162 valence electrons. The van der Waals surface area contributed by atoms with E-state index in [0.29, 0.717) is 0 Å². The summed E-state index contributed by atoms with van der Waals surface area (Å²) in [7, 11) is 5.18. The molecule has 0 spiro atoms. The highest BCUT2D eigenvalue weighted by atomic mass is 16.5. The molecule has 8 nitrogen and oxygen atoms in total. The maximum absolute atomic E-state index is 12.0. The van der Waals surface area contributed by atoms with Crippen molar-refractivity contribution in [2.45, 2.75) is 13.3 Å². The van der Waals surface area contributed by atoms with Gasteiger partial charge in [0, 0.05) is 65.7 Å². The minimum Gasteiger partial charge on any atom is -0.497 e. The van der Waals surface area contributed by atoms with Gasteiger partial charge in [-0.05, 0) is 37.6 Å². The molecule has 1 aromatic carbocycles. The number of carbonyl (C=O) groups is 1. The Labute approximate surface area is 174 Å². The fourth-order valence-corrected chi connectivity index (χ4v) is 3.04. The summed E-state index contributed by atoms with van der Waals surface area (Å²) in [5.74, 6) is 1.66.